The van der Waals surface area contributed by atoms with Crippen LogP contribution in [0.3, 0.4) is 0 Å². The maximum atomic E-state index is 14.3. The topological polar surface area (TPSA) is 65.4 Å². The van der Waals surface area contributed by atoms with Crippen LogP contribution >= 0.6 is 0 Å². The van der Waals surface area contributed by atoms with Crippen molar-refractivity contribution < 1.29 is 31.8 Å². The zero-order chi connectivity index (χ0) is 19.2. The molecule has 6 nitrogen and oxygen atoms in total. The molecule has 10 heteroatoms. The summed E-state index contributed by atoms with van der Waals surface area (Å²) in [5.41, 5.74) is -1.89. The molecule has 2 aromatic rings. The van der Waals surface area contributed by atoms with E-state index < -0.39 is 41.1 Å². The third-order valence-corrected chi connectivity index (χ3v) is 3.66. The second-order valence-electron chi connectivity index (χ2n) is 5.98. The lowest BCUT2D eigenvalue weighted by molar-refractivity contribution is -0.0442. The molecule has 1 amide bonds. The molecule has 140 valence electrons. The van der Waals surface area contributed by atoms with Gasteiger partial charge in [0.05, 0.1) is 5.69 Å². The lowest BCUT2D eigenvalue weighted by Gasteiger charge is -2.16. The monoisotopic (exact) mass is 373 g/mol. The Bertz CT molecular complexity index is 880. The van der Waals surface area contributed by atoms with Crippen LogP contribution in [0, 0.1) is 11.8 Å². The van der Waals surface area contributed by atoms with E-state index in [4.69, 9.17) is 9.47 Å². The smallest absolute Gasteiger partial charge is 0.283 e. The fraction of sp³-hybridized carbons (Fsp3) is 0.375. The molecule has 1 aliphatic rings. The Morgan fingerprint density at radius 3 is 2.54 bits per heavy atom. The lowest BCUT2D eigenvalue weighted by Crippen LogP contribution is -2.30. The maximum absolute atomic E-state index is 14.3. The van der Waals surface area contributed by atoms with Gasteiger partial charge >= 0.3 is 0 Å². The number of fused-ring (bicyclic) bond motifs is 1. The Balaban J connectivity index is 1.99. The summed E-state index contributed by atoms with van der Waals surface area (Å²) in [7, 11) is 0. The van der Waals surface area contributed by atoms with Crippen molar-refractivity contribution in [3.8, 4) is 11.5 Å². The van der Waals surface area contributed by atoms with Crippen LogP contribution in [0.1, 0.15) is 43.2 Å². The van der Waals surface area contributed by atoms with Gasteiger partial charge in [0.1, 0.15) is 11.3 Å². The molecule has 1 aliphatic heterocycles. The van der Waals surface area contributed by atoms with Crippen LogP contribution in [0.2, 0.25) is 0 Å². The van der Waals surface area contributed by atoms with Gasteiger partial charge < -0.3 is 14.8 Å². The second-order valence-corrected chi connectivity index (χ2v) is 5.98. The molecule has 3 rings (SSSR count). The largest absolute Gasteiger partial charge is 0.447 e. The van der Waals surface area contributed by atoms with Crippen molar-refractivity contribution in [2.75, 3.05) is 5.32 Å². The molecule has 0 radical (unpaired) electrons. The van der Waals surface area contributed by atoms with Crippen LogP contribution in [0.4, 0.5) is 23.2 Å². The van der Waals surface area contributed by atoms with Gasteiger partial charge in [0, 0.05) is 20.4 Å². The van der Waals surface area contributed by atoms with Gasteiger partial charge in [-0.1, -0.05) is 0 Å². The van der Waals surface area contributed by atoms with E-state index in [1.807, 2.05) is 0 Å². The fourth-order valence-electron chi connectivity index (χ4n) is 2.56. The first-order chi connectivity index (χ1) is 12.1. The van der Waals surface area contributed by atoms with Crippen molar-refractivity contribution in [3.05, 3.63) is 35.2 Å². The van der Waals surface area contributed by atoms with E-state index in [1.54, 1.807) is 0 Å². The Hall–Kier alpha value is -2.78. The molecular formula is C16H15F4N3O3. The van der Waals surface area contributed by atoms with Gasteiger partial charge in [0.15, 0.2) is 11.6 Å². The van der Waals surface area contributed by atoms with Crippen molar-refractivity contribution in [2.24, 2.45) is 0 Å². The first-order valence-electron chi connectivity index (χ1n) is 7.70. The summed E-state index contributed by atoms with van der Waals surface area (Å²) < 4.78 is 65.8. The second kappa shape index (κ2) is 6.19. The molecule has 0 spiro atoms. The van der Waals surface area contributed by atoms with Gasteiger partial charge in [-0.2, -0.15) is 9.49 Å². The molecular weight excluding hydrogens is 358 g/mol. The van der Waals surface area contributed by atoms with E-state index in [-0.39, 0.29) is 23.7 Å². The molecule has 0 fully saturated rings. The van der Waals surface area contributed by atoms with Crippen LogP contribution in [0.15, 0.2) is 12.1 Å². The Labute approximate surface area is 145 Å². The number of aromatic nitrogens is 2. The van der Waals surface area contributed by atoms with Crippen molar-refractivity contribution in [3.63, 3.8) is 0 Å². The minimum atomic E-state index is -3.14. The SMILES string of the molecule is CCn1nc(C(F)F)c(C(=O)Nc2ccc(F)c3c2OC(C)(C)O3)c1F. The van der Waals surface area contributed by atoms with Gasteiger partial charge in [-0.05, 0) is 19.1 Å². The van der Waals surface area contributed by atoms with Crippen molar-refractivity contribution in [1.29, 1.82) is 0 Å². The molecule has 0 saturated carbocycles. The highest BCUT2D eigenvalue weighted by molar-refractivity contribution is 6.06. The number of ether oxygens (including phenoxy) is 2. The summed E-state index contributed by atoms with van der Waals surface area (Å²) >= 11 is 0. The summed E-state index contributed by atoms with van der Waals surface area (Å²) in [5, 5.41) is 5.67. The first-order valence-corrected chi connectivity index (χ1v) is 7.70. The zero-order valence-electron chi connectivity index (χ0n) is 14.1. The molecule has 0 aliphatic carbocycles. The Morgan fingerprint density at radius 1 is 1.27 bits per heavy atom. The molecule has 1 aromatic carbocycles. The quantitative estimate of drug-likeness (QED) is 0.826. The van der Waals surface area contributed by atoms with Crippen molar-refractivity contribution in [2.45, 2.75) is 39.5 Å². The van der Waals surface area contributed by atoms with E-state index in [1.165, 1.54) is 26.8 Å². The summed E-state index contributed by atoms with van der Waals surface area (Å²) in [5.74, 6) is -4.58. The van der Waals surface area contributed by atoms with Crippen LogP contribution in [0.5, 0.6) is 11.5 Å². The summed E-state index contributed by atoms with van der Waals surface area (Å²) in [6.07, 6.45) is -3.14. The number of hydrogen-bond donors (Lipinski definition) is 1. The predicted molar refractivity (Wildman–Crippen MR) is 82.5 cm³/mol. The van der Waals surface area contributed by atoms with Crippen LogP contribution < -0.4 is 14.8 Å². The number of alkyl halides is 2. The molecule has 0 unspecified atom stereocenters. The van der Waals surface area contributed by atoms with E-state index in [0.717, 1.165) is 6.07 Å². The standard InChI is InChI=1S/C16H15F4N3O3/c1-4-23-14(20)9(10(22-23)13(18)19)15(24)21-8-6-5-7(17)11-12(8)26-16(2,3)25-11/h5-6,13H,4H2,1-3H3,(H,21,24). The highest BCUT2D eigenvalue weighted by Crippen LogP contribution is 2.46. The Kier molecular flexibility index (Phi) is 4.29. The van der Waals surface area contributed by atoms with Crippen LogP contribution in [-0.2, 0) is 6.54 Å². The number of carbonyl (C=O) groups excluding carboxylic acids is 1. The number of aryl methyl sites for hydroxylation is 1. The average molecular weight is 373 g/mol. The maximum Gasteiger partial charge on any atom is 0.283 e. The van der Waals surface area contributed by atoms with Gasteiger partial charge in [0.2, 0.25) is 17.5 Å². The minimum Gasteiger partial charge on any atom is -0.447 e. The lowest BCUT2D eigenvalue weighted by atomic mass is 10.2. The number of amides is 1. The number of benzene rings is 1. The average Bonchev–Trinajstić information content (AvgIpc) is 3.07. The fourth-order valence-corrected chi connectivity index (χ4v) is 2.56. The zero-order valence-corrected chi connectivity index (χ0v) is 14.1. The molecule has 2 heterocycles. The molecule has 0 atom stereocenters. The van der Waals surface area contributed by atoms with E-state index in [9.17, 15) is 22.4 Å². The summed E-state index contributed by atoms with van der Waals surface area (Å²) in [6, 6.07) is 2.18. The number of hydrogen-bond acceptors (Lipinski definition) is 4. The number of halogens is 4. The van der Waals surface area contributed by atoms with E-state index in [2.05, 4.69) is 10.4 Å². The van der Waals surface area contributed by atoms with Gasteiger partial charge in [0.25, 0.3) is 12.3 Å². The molecule has 26 heavy (non-hydrogen) atoms. The van der Waals surface area contributed by atoms with E-state index >= 15 is 0 Å². The third kappa shape index (κ3) is 2.95. The third-order valence-electron chi connectivity index (χ3n) is 3.66. The number of carbonyl (C=O) groups is 1. The van der Waals surface area contributed by atoms with Gasteiger partial charge in [-0.25, -0.2) is 17.9 Å². The minimum absolute atomic E-state index is 0.0318. The first kappa shape index (κ1) is 18.0. The highest BCUT2D eigenvalue weighted by Gasteiger charge is 2.37. The molecule has 1 N–H and O–H groups in total. The number of nitrogens with one attached hydrogen (secondary N) is 1. The highest BCUT2D eigenvalue weighted by atomic mass is 19.3. The summed E-state index contributed by atoms with van der Waals surface area (Å²) in [4.78, 5) is 12.4. The number of anilines is 1. The van der Waals surface area contributed by atoms with Crippen molar-refractivity contribution in [1.82, 2.24) is 9.78 Å². The van der Waals surface area contributed by atoms with Crippen LogP contribution in [-0.4, -0.2) is 21.5 Å². The van der Waals surface area contributed by atoms with E-state index in [0.29, 0.717) is 4.68 Å². The summed E-state index contributed by atoms with van der Waals surface area (Å²) in [6.45, 7) is 4.51. The van der Waals surface area contributed by atoms with Crippen molar-refractivity contribution >= 4 is 11.6 Å². The predicted octanol–water partition coefficient (Wildman–Crippen LogP) is 3.88. The number of rotatable bonds is 4. The molecule has 0 bridgehead atoms. The number of nitrogens with zero attached hydrogens (tertiary/aromatic N) is 2. The molecule has 1 aromatic heterocycles. The molecule has 0 saturated heterocycles. The normalized spacial score (nSPS) is 14.8. The van der Waals surface area contributed by atoms with Crippen LogP contribution in [0.25, 0.3) is 0 Å². The van der Waals surface area contributed by atoms with Gasteiger partial charge in [-0.15, -0.1) is 0 Å². The van der Waals surface area contributed by atoms with Gasteiger partial charge in [-0.3, -0.25) is 4.79 Å². The Morgan fingerprint density at radius 2 is 1.92 bits per heavy atom.